The van der Waals surface area contributed by atoms with Gasteiger partial charge in [-0.15, -0.1) is 0 Å². The molecule has 0 unspecified atom stereocenters. The lowest BCUT2D eigenvalue weighted by molar-refractivity contribution is 0.415. The van der Waals surface area contributed by atoms with Crippen molar-refractivity contribution in [3.05, 3.63) is 52.5 Å². The summed E-state index contributed by atoms with van der Waals surface area (Å²) >= 11 is 3.26. The molecule has 0 saturated heterocycles. The Morgan fingerprint density at radius 2 is 2.00 bits per heavy atom. The van der Waals surface area contributed by atoms with Crippen LogP contribution in [0.5, 0.6) is 11.5 Å². The maximum Gasteiger partial charge on any atom is 0.134 e. The molecule has 0 bridgehead atoms. The van der Waals surface area contributed by atoms with Crippen LogP contribution in [0.4, 0.5) is 5.69 Å². The standard InChI is InChI=1S/C14H13BrN2O2/c1-19-12-6-3-5-11(8-12)17-16-9-10-4-2-7-13(15)14(10)18/h2-8,18H,9H2,1H3. The van der Waals surface area contributed by atoms with Crippen LogP contribution in [0.1, 0.15) is 5.56 Å². The number of benzene rings is 2. The molecule has 0 radical (unpaired) electrons. The summed E-state index contributed by atoms with van der Waals surface area (Å²) < 4.78 is 5.76. The highest BCUT2D eigenvalue weighted by molar-refractivity contribution is 9.10. The van der Waals surface area contributed by atoms with E-state index in [0.717, 1.165) is 11.3 Å². The number of para-hydroxylation sites is 1. The van der Waals surface area contributed by atoms with E-state index in [2.05, 4.69) is 26.2 Å². The zero-order valence-electron chi connectivity index (χ0n) is 10.4. The quantitative estimate of drug-likeness (QED) is 0.846. The van der Waals surface area contributed by atoms with Gasteiger partial charge in [0.1, 0.15) is 11.5 Å². The van der Waals surface area contributed by atoms with Crippen LogP contribution in [-0.4, -0.2) is 12.2 Å². The van der Waals surface area contributed by atoms with Gasteiger partial charge in [0.25, 0.3) is 0 Å². The minimum absolute atomic E-state index is 0.201. The smallest absolute Gasteiger partial charge is 0.134 e. The van der Waals surface area contributed by atoms with Crippen molar-refractivity contribution >= 4 is 21.6 Å². The molecular formula is C14H13BrN2O2. The third-order valence-electron chi connectivity index (χ3n) is 2.55. The average Bonchev–Trinajstić information content (AvgIpc) is 2.44. The number of methoxy groups -OCH3 is 1. The van der Waals surface area contributed by atoms with Crippen LogP contribution in [-0.2, 0) is 6.54 Å². The summed E-state index contributed by atoms with van der Waals surface area (Å²) in [6, 6.07) is 12.8. The van der Waals surface area contributed by atoms with E-state index < -0.39 is 0 Å². The number of azo groups is 1. The lowest BCUT2D eigenvalue weighted by atomic mass is 10.2. The second-order valence-electron chi connectivity index (χ2n) is 3.85. The second-order valence-corrected chi connectivity index (χ2v) is 4.70. The highest BCUT2D eigenvalue weighted by Crippen LogP contribution is 2.28. The van der Waals surface area contributed by atoms with E-state index in [1.165, 1.54) is 0 Å². The number of ether oxygens (including phenoxy) is 1. The number of aromatic hydroxyl groups is 1. The number of halogens is 1. The molecule has 0 atom stereocenters. The first-order valence-electron chi connectivity index (χ1n) is 5.68. The molecular weight excluding hydrogens is 308 g/mol. The maximum atomic E-state index is 9.81. The molecule has 0 fully saturated rings. The van der Waals surface area contributed by atoms with Gasteiger partial charge in [-0.2, -0.15) is 10.2 Å². The van der Waals surface area contributed by atoms with Crippen LogP contribution < -0.4 is 4.74 Å². The third kappa shape index (κ3) is 3.54. The van der Waals surface area contributed by atoms with Gasteiger partial charge in [-0.1, -0.05) is 18.2 Å². The van der Waals surface area contributed by atoms with Crippen LogP contribution in [0, 0.1) is 0 Å². The minimum Gasteiger partial charge on any atom is -0.506 e. The molecule has 0 spiro atoms. The third-order valence-corrected chi connectivity index (χ3v) is 3.19. The zero-order valence-corrected chi connectivity index (χ0v) is 12.0. The van der Waals surface area contributed by atoms with Crippen molar-refractivity contribution in [3.63, 3.8) is 0 Å². The van der Waals surface area contributed by atoms with Gasteiger partial charge in [0.15, 0.2) is 0 Å². The van der Waals surface area contributed by atoms with Gasteiger partial charge in [0.2, 0.25) is 0 Å². The fraction of sp³-hybridized carbons (Fsp3) is 0.143. The Hall–Kier alpha value is -1.88. The topological polar surface area (TPSA) is 54.2 Å². The number of phenols is 1. The lowest BCUT2D eigenvalue weighted by Crippen LogP contribution is -1.83. The van der Waals surface area contributed by atoms with Crippen molar-refractivity contribution in [2.45, 2.75) is 6.54 Å². The molecule has 19 heavy (non-hydrogen) atoms. The van der Waals surface area contributed by atoms with Crippen LogP contribution in [0.3, 0.4) is 0 Å². The van der Waals surface area contributed by atoms with Gasteiger partial charge < -0.3 is 9.84 Å². The Kier molecular flexibility index (Phi) is 4.52. The van der Waals surface area contributed by atoms with Crippen molar-refractivity contribution in [2.75, 3.05) is 7.11 Å². The summed E-state index contributed by atoms with van der Waals surface area (Å²) in [6.45, 7) is 0.322. The number of phenolic OH excluding ortho intramolecular Hbond substituents is 1. The van der Waals surface area contributed by atoms with Gasteiger partial charge in [-0.05, 0) is 34.1 Å². The Balaban J connectivity index is 2.09. The molecule has 0 aliphatic carbocycles. The first-order valence-corrected chi connectivity index (χ1v) is 6.48. The molecule has 5 heteroatoms. The van der Waals surface area contributed by atoms with Gasteiger partial charge in [0, 0.05) is 11.6 Å². The molecule has 0 heterocycles. The van der Waals surface area contributed by atoms with Crippen LogP contribution in [0.2, 0.25) is 0 Å². The number of hydrogen-bond acceptors (Lipinski definition) is 4. The van der Waals surface area contributed by atoms with Gasteiger partial charge >= 0.3 is 0 Å². The fourth-order valence-electron chi connectivity index (χ4n) is 1.55. The Bertz CT molecular complexity index is 600. The largest absolute Gasteiger partial charge is 0.506 e. The van der Waals surface area contributed by atoms with E-state index in [0.29, 0.717) is 16.7 Å². The predicted molar refractivity (Wildman–Crippen MR) is 77.0 cm³/mol. The predicted octanol–water partition coefficient (Wildman–Crippen LogP) is 4.45. The summed E-state index contributed by atoms with van der Waals surface area (Å²) in [7, 11) is 1.61. The van der Waals surface area contributed by atoms with E-state index in [-0.39, 0.29) is 5.75 Å². The van der Waals surface area contributed by atoms with Gasteiger partial charge in [-0.25, -0.2) is 0 Å². The Morgan fingerprint density at radius 1 is 1.21 bits per heavy atom. The molecule has 1 N–H and O–H groups in total. The normalized spacial score (nSPS) is 10.8. The first-order chi connectivity index (χ1) is 9.20. The van der Waals surface area contributed by atoms with Crippen LogP contribution in [0.25, 0.3) is 0 Å². The second kappa shape index (κ2) is 6.33. The van der Waals surface area contributed by atoms with Crippen molar-refractivity contribution in [3.8, 4) is 11.5 Å². The molecule has 2 rings (SSSR count). The van der Waals surface area contributed by atoms with E-state index in [1.807, 2.05) is 30.3 Å². The molecule has 0 saturated carbocycles. The Morgan fingerprint density at radius 3 is 2.79 bits per heavy atom. The van der Waals surface area contributed by atoms with E-state index in [9.17, 15) is 5.11 Å². The first kappa shape index (κ1) is 13.5. The summed E-state index contributed by atoms with van der Waals surface area (Å²) in [5, 5.41) is 18.0. The molecule has 0 aliphatic heterocycles. The molecule has 2 aromatic rings. The summed E-state index contributed by atoms with van der Waals surface area (Å²) in [5.74, 6) is 0.939. The van der Waals surface area contributed by atoms with Crippen LogP contribution >= 0.6 is 15.9 Å². The SMILES string of the molecule is COc1cccc(N=NCc2cccc(Br)c2O)c1. The zero-order chi connectivity index (χ0) is 13.7. The minimum atomic E-state index is 0.201. The highest BCUT2D eigenvalue weighted by Gasteiger charge is 2.03. The molecule has 4 nitrogen and oxygen atoms in total. The number of nitrogens with zero attached hydrogens (tertiary/aromatic N) is 2. The van der Waals surface area contributed by atoms with Crippen molar-refractivity contribution in [1.82, 2.24) is 0 Å². The van der Waals surface area contributed by atoms with Crippen LogP contribution in [0.15, 0.2) is 57.2 Å². The van der Waals surface area contributed by atoms with Gasteiger partial charge in [0.05, 0.1) is 23.8 Å². The maximum absolute atomic E-state index is 9.81. The molecule has 0 aliphatic rings. The monoisotopic (exact) mass is 320 g/mol. The Labute approximate surface area is 119 Å². The van der Waals surface area contributed by atoms with E-state index in [4.69, 9.17) is 4.74 Å². The molecule has 0 aromatic heterocycles. The molecule has 2 aromatic carbocycles. The number of hydrogen-bond donors (Lipinski definition) is 1. The number of rotatable bonds is 4. The molecule has 0 amide bonds. The fourth-order valence-corrected chi connectivity index (χ4v) is 1.96. The lowest BCUT2D eigenvalue weighted by Gasteiger charge is -2.02. The summed E-state index contributed by atoms with van der Waals surface area (Å²) in [6.07, 6.45) is 0. The molecule has 98 valence electrons. The van der Waals surface area contributed by atoms with E-state index in [1.54, 1.807) is 19.2 Å². The van der Waals surface area contributed by atoms with Gasteiger partial charge in [-0.3, -0.25) is 0 Å². The summed E-state index contributed by atoms with van der Waals surface area (Å²) in [5.41, 5.74) is 1.44. The van der Waals surface area contributed by atoms with Crippen molar-refractivity contribution < 1.29 is 9.84 Å². The highest BCUT2D eigenvalue weighted by atomic mass is 79.9. The average molecular weight is 321 g/mol. The van der Waals surface area contributed by atoms with Crippen molar-refractivity contribution in [1.29, 1.82) is 0 Å². The van der Waals surface area contributed by atoms with Crippen molar-refractivity contribution in [2.24, 2.45) is 10.2 Å². The summed E-state index contributed by atoms with van der Waals surface area (Å²) in [4.78, 5) is 0. The van der Waals surface area contributed by atoms with E-state index >= 15 is 0 Å².